The quantitative estimate of drug-likeness (QED) is 0.833. The second-order valence-corrected chi connectivity index (χ2v) is 6.68. The fourth-order valence-corrected chi connectivity index (χ4v) is 4.12. The van der Waals surface area contributed by atoms with Crippen LogP contribution in [0.2, 0.25) is 0 Å². The number of benzene rings is 2. The average Bonchev–Trinajstić information content (AvgIpc) is 3.28. The van der Waals surface area contributed by atoms with Crippen LogP contribution < -0.4 is 24.3 Å². The van der Waals surface area contributed by atoms with Crippen LogP contribution in [0.25, 0.3) is 0 Å². The Morgan fingerprint density at radius 3 is 2.67 bits per heavy atom. The summed E-state index contributed by atoms with van der Waals surface area (Å²) in [6, 6.07) is 7.51. The molecule has 0 saturated carbocycles. The number of methoxy groups -OCH3 is 2. The van der Waals surface area contributed by atoms with Crippen molar-refractivity contribution in [3.8, 4) is 23.0 Å². The van der Waals surface area contributed by atoms with Gasteiger partial charge in [-0.1, -0.05) is 6.07 Å². The lowest BCUT2D eigenvalue weighted by Crippen LogP contribution is -2.34. The van der Waals surface area contributed by atoms with Crippen LogP contribution in [0.15, 0.2) is 24.3 Å². The summed E-state index contributed by atoms with van der Waals surface area (Å²) in [7, 11) is 3.07. The lowest BCUT2D eigenvalue weighted by molar-refractivity contribution is 0.0284. The number of nitrogens with one attached hydrogen (secondary N) is 1. The first kappa shape index (κ1) is 16.3. The van der Waals surface area contributed by atoms with E-state index in [0.29, 0.717) is 17.1 Å². The van der Waals surface area contributed by atoms with E-state index in [1.165, 1.54) is 12.7 Å². The highest BCUT2D eigenvalue weighted by atomic mass is 16.7. The van der Waals surface area contributed by atoms with Gasteiger partial charge in [-0.2, -0.15) is 0 Å². The molecular formula is C20H19NO6. The fraction of sp³-hybridized carbons (Fsp3) is 0.350. The minimum absolute atomic E-state index is 0.174. The third kappa shape index (κ3) is 2.35. The van der Waals surface area contributed by atoms with Crippen LogP contribution in [0, 0.1) is 0 Å². The summed E-state index contributed by atoms with van der Waals surface area (Å²) in [5.74, 6) is 2.00. The van der Waals surface area contributed by atoms with Crippen LogP contribution in [-0.2, 0) is 11.2 Å². The zero-order valence-corrected chi connectivity index (χ0v) is 15.0. The predicted octanol–water partition coefficient (Wildman–Crippen LogP) is 2.53. The molecule has 0 bridgehead atoms. The first-order chi connectivity index (χ1) is 13.2. The summed E-state index contributed by atoms with van der Waals surface area (Å²) < 4.78 is 27.6. The largest absolute Gasteiger partial charge is 0.493 e. The molecule has 0 saturated heterocycles. The highest BCUT2D eigenvalue weighted by Gasteiger charge is 2.42. The number of carbonyl (C=O) groups is 1. The van der Waals surface area contributed by atoms with Crippen LogP contribution in [0.1, 0.15) is 39.2 Å². The van der Waals surface area contributed by atoms with E-state index >= 15 is 0 Å². The Labute approximate surface area is 156 Å². The van der Waals surface area contributed by atoms with Crippen LogP contribution in [-0.4, -0.2) is 33.5 Å². The topological polar surface area (TPSA) is 75.3 Å². The third-order valence-corrected chi connectivity index (χ3v) is 5.35. The standard InChI is InChI=1S/C20H19NO6/c1-23-13-4-3-11-16(19(13)24-2)20(22)27-18(11)17-12-8-15-14(25-9-26-15)7-10(12)5-6-21-17/h3-4,7-8,17-18,21H,5-6,9H2,1-2H3. The molecule has 0 amide bonds. The number of rotatable bonds is 3. The molecule has 5 rings (SSSR count). The Kier molecular flexibility index (Phi) is 3.65. The molecule has 3 aliphatic heterocycles. The van der Waals surface area contributed by atoms with Crippen molar-refractivity contribution in [3.05, 3.63) is 46.5 Å². The zero-order chi connectivity index (χ0) is 18.5. The molecule has 0 aliphatic carbocycles. The van der Waals surface area contributed by atoms with E-state index in [2.05, 4.69) is 5.32 Å². The third-order valence-electron chi connectivity index (χ3n) is 5.35. The van der Waals surface area contributed by atoms with Gasteiger partial charge < -0.3 is 29.0 Å². The summed E-state index contributed by atoms with van der Waals surface area (Å²) in [6.45, 7) is 1.02. The maximum Gasteiger partial charge on any atom is 0.343 e. The second-order valence-electron chi connectivity index (χ2n) is 6.68. The molecule has 2 unspecified atom stereocenters. The zero-order valence-electron chi connectivity index (χ0n) is 15.0. The molecular weight excluding hydrogens is 350 g/mol. The smallest absolute Gasteiger partial charge is 0.343 e. The van der Waals surface area contributed by atoms with Gasteiger partial charge >= 0.3 is 5.97 Å². The monoisotopic (exact) mass is 369 g/mol. The number of hydrogen-bond donors (Lipinski definition) is 1. The van der Waals surface area contributed by atoms with Gasteiger partial charge in [-0.15, -0.1) is 0 Å². The van der Waals surface area contributed by atoms with Gasteiger partial charge in [0.05, 0.1) is 20.3 Å². The van der Waals surface area contributed by atoms with E-state index in [1.54, 1.807) is 13.2 Å². The molecule has 0 spiro atoms. The van der Waals surface area contributed by atoms with Crippen molar-refractivity contribution in [2.24, 2.45) is 0 Å². The SMILES string of the molecule is COc1ccc2c(c1OC)C(=O)OC2C1NCCc2cc3c(cc21)OCO3. The highest BCUT2D eigenvalue weighted by Crippen LogP contribution is 2.48. The predicted molar refractivity (Wildman–Crippen MR) is 94.7 cm³/mol. The number of fused-ring (bicyclic) bond motifs is 3. The van der Waals surface area contributed by atoms with Crippen molar-refractivity contribution in [2.75, 3.05) is 27.6 Å². The molecule has 0 fully saturated rings. The summed E-state index contributed by atoms with van der Waals surface area (Å²) in [6.07, 6.45) is 0.425. The molecule has 2 atom stereocenters. The van der Waals surface area contributed by atoms with Crippen LogP contribution >= 0.6 is 0 Å². The summed E-state index contributed by atoms with van der Waals surface area (Å²) in [5, 5.41) is 3.49. The van der Waals surface area contributed by atoms with Crippen molar-refractivity contribution >= 4 is 5.97 Å². The summed E-state index contributed by atoms with van der Waals surface area (Å²) >= 11 is 0. The molecule has 3 heterocycles. The Hall–Kier alpha value is -2.93. The van der Waals surface area contributed by atoms with Crippen molar-refractivity contribution in [3.63, 3.8) is 0 Å². The maximum atomic E-state index is 12.6. The van der Waals surface area contributed by atoms with E-state index < -0.39 is 12.1 Å². The first-order valence-electron chi connectivity index (χ1n) is 8.83. The average molecular weight is 369 g/mol. The number of carbonyl (C=O) groups excluding carboxylic acids is 1. The van der Waals surface area contributed by atoms with Gasteiger partial charge in [-0.25, -0.2) is 4.79 Å². The van der Waals surface area contributed by atoms with Crippen LogP contribution in [0.5, 0.6) is 23.0 Å². The Balaban J connectivity index is 1.60. The van der Waals surface area contributed by atoms with E-state index in [-0.39, 0.29) is 12.8 Å². The van der Waals surface area contributed by atoms with E-state index in [4.69, 9.17) is 23.7 Å². The van der Waals surface area contributed by atoms with Crippen molar-refractivity contribution in [1.82, 2.24) is 5.32 Å². The normalized spacial score (nSPS) is 22.1. The highest BCUT2D eigenvalue weighted by molar-refractivity contribution is 5.98. The molecule has 1 N–H and O–H groups in total. The lowest BCUT2D eigenvalue weighted by atomic mass is 9.87. The van der Waals surface area contributed by atoms with Gasteiger partial charge in [-0.05, 0) is 42.3 Å². The van der Waals surface area contributed by atoms with E-state index in [1.807, 2.05) is 18.2 Å². The molecule has 7 heteroatoms. The number of ether oxygens (including phenoxy) is 5. The van der Waals surface area contributed by atoms with E-state index in [9.17, 15) is 4.79 Å². The molecule has 2 aromatic carbocycles. The molecule has 0 radical (unpaired) electrons. The lowest BCUT2D eigenvalue weighted by Gasteiger charge is -2.31. The Bertz CT molecular complexity index is 941. The molecule has 0 aromatic heterocycles. The van der Waals surface area contributed by atoms with Gasteiger partial charge in [-0.3, -0.25) is 0 Å². The van der Waals surface area contributed by atoms with Gasteiger partial charge in [0, 0.05) is 5.56 Å². The number of cyclic esters (lactones) is 1. The Morgan fingerprint density at radius 2 is 1.89 bits per heavy atom. The Morgan fingerprint density at radius 1 is 1.07 bits per heavy atom. The minimum atomic E-state index is -0.452. The molecule has 27 heavy (non-hydrogen) atoms. The molecule has 140 valence electrons. The second kappa shape index (κ2) is 6.06. The van der Waals surface area contributed by atoms with Crippen molar-refractivity contribution in [2.45, 2.75) is 18.6 Å². The fourth-order valence-electron chi connectivity index (χ4n) is 4.12. The van der Waals surface area contributed by atoms with Gasteiger partial charge in [0.2, 0.25) is 6.79 Å². The first-order valence-corrected chi connectivity index (χ1v) is 8.83. The molecule has 7 nitrogen and oxygen atoms in total. The van der Waals surface area contributed by atoms with Crippen LogP contribution in [0.3, 0.4) is 0 Å². The van der Waals surface area contributed by atoms with Gasteiger partial charge in [0.1, 0.15) is 11.7 Å². The van der Waals surface area contributed by atoms with Crippen molar-refractivity contribution in [1.29, 1.82) is 0 Å². The summed E-state index contributed by atoms with van der Waals surface area (Å²) in [5.41, 5.74) is 3.45. The summed E-state index contributed by atoms with van der Waals surface area (Å²) in [4.78, 5) is 12.6. The molecule has 3 aliphatic rings. The van der Waals surface area contributed by atoms with Crippen molar-refractivity contribution < 1.29 is 28.5 Å². The van der Waals surface area contributed by atoms with Gasteiger partial charge in [0.25, 0.3) is 0 Å². The van der Waals surface area contributed by atoms with E-state index in [0.717, 1.165) is 35.6 Å². The van der Waals surface area contributed by atoms with Crippen LogP contribution in [0.4, 0.5) is 0 Å². The maximum absolute atomic E-state index is 12.6. The molecule has 2 aromatic rings. The van der Waals surface area contributed by atoms with Gasteiger partial charge in [0.15, 0.2) is 23.0 Å². The number of hydrogen-bond acceptors (Lipinski definition) is 7. The minimum Gasteiger partial charge on any atom is -0.493 e. The number of esters is 1.